The van der Waals surface area contributed by atoms with Gasteiger partial charge in [0, 0.05) is 44.6 Å². The van der Waals surface area contributed by atoms with Gasteiger partial charge in [-0.1, -0.05) is 36.4 Å². The van der Waals surface area contributed by atoms with E-state index in [1.165, 1.54) is 17.2 Å². The van der Waals surface area contributed by atoms with Gasteiger partial charge in [-0.25, -0.2) is 9.37 Å². The van der Waals surface area contributed by atoms with E-state index < -0.39 is 0 Å². The second kappa shape index (κ2) is 10.2. The SMILES string of the molecule is Fc1cccc(N2CCN(CCCCNc3cc(-c4ccccc4)ccn3)CC2)c1. The molecule has 1 aliphatic heterocycles. The van der Waals surface area contributed by atoms with Crippen LogP contribution in [0.1, 0.15) is 12.8 Å². The molecule has 2 heterocycles. The molecule has 0 saturated carbocycles. The van der Waals surface area contributed by atoms with E-state index in [1.807, 2.05) is 24.4 Å². The van der Waals surface area contributed by atoms with Crippen LogP contribution < -0.4 is 10.2 Å². The van der Waals surface area contributed by atoms with Crippen molar-refractivity contribution in [2.45, 2.75) is 12.8 Å². The summed E-state index contributed by atoms with van der Waals surface area (Å²) in [6.45, 7) is 6.01. The van der Waals surface area contributed by atoms with Gasteiger partial charge in [0.2, 0.25) is 0 Å². The van der Waals surface area contributed by atoms with Gasteiger partial charge >= 0.3 is 0 Å². The van der Waals surface area contributed by atoms with E-state index >= 15 is 0 Å². The second-order valence-corrected chi connectivity index (χ2v) is 7.74. The van der Waals surface area contributed by atoms with Crippen LogP contribution in [0.2, 0.25) is 0 Å². The van der Waals surface area contributed by atoms with E-state index in [-0.39, 0.29) is 5.82 Å². The number of aromatic nitrogens is 1. The van der Waals surface area contributed by atoms with Crippen molar-refractivity contribution >= 4 is 11.5 Å². The molecule has 0 radical (unpaired) electrons. The number of hydrogen-bond acceptors (Lipinski definition) is 4. The minimum atomic E-state index is -0.161. The fourth-order valence-corrected chi connectivity index (χ4v) is 3.92. The molecule has 1 fully saturated rings. The topological polar surface area (TPSA) is 31.4 Å². The summed E-state index contributed by atoms with van der Waals surface area (Å²) in [5, 5.41) is 3.45. The molecule has 1 aromatic heterocycles. The van der Waals surface area contributed by atoms with Crippen LogP contribution in [0.25, 0.3) is 11.1 Å². The minimum Gasteiger partial charge on any atom is -0.370 e. The highest BCUT2D eigenvalue weighted by molar-refractivity contribution is 5.66. The lowest BCUT2D eigenvalue weighted by atomic mass is 10.1. The van der Waals surface area contributed by atoms with Gasteiger partial charge in [-0.05, 0) is 60.8 Å². The van der Waals surface area contributed by atoms with Crippen molar-refractivity contribution < 1.29 is 4.39 Å². The number of nitrogens with one attached hydrogen (secondary N) is 1. The average molecular weight is 405 g/mol. The lowest BCUT2D eigenvalue weighted by Crippen LogP contribution is -2.46. The zero-order chi connectivity index (χ0) is 20.6. The summed E-state index contributed by atoms with van der Waals surface area (Å²) in [5.41, 5.74) is 3.38. The molecular formula is C25H29FN4. The van der Waals surface area contributed by atoms with E-state index in [0.717, 1.165) is 63.6 Å². The second-order valence-electron chi connectivity index (χ2n) is 7.74. The van der Waals surface area contributed by atoms with Crippen molar-refractivity contribution in [2.24, 2.45) is 0 Å². The highest BCUT2D eigenvalue weighted by atomic mass is 19.1. The fraction of sp³-hybridized carbons (Fsp3) is 0.320. The quantitative estimate of drug-likeness (QED) is 0.541. The van der Waals surface area contributed by atoms with E-state index in [2.05, 4.69) is 50.4 Å². The van der Waals surface area contributed by atoms with Crippen LogP contribution in [0.5, 0.6) is 0 Å². The third-order valence-corrected chi connectivity index (χ3v) is 5.62. The van der Waals surface area contributed by atoms with Crippen LogP contribution in [0.15, 0.2) is 72.9 Å². The Morgan fingerprint density at radius 1 is 0.833 bits per heavy atom. The van der Waals surface area contributed by atoms with Crippen molar-refractivity contribution in [3.8, 4) is 11.1 Å². The molecule has 1 saturated heterocycles. The molecular weight excluding hydrogens is 375 g/mol. The van der Waals surface area contributed by atoms with Crippen molar-refractivity contribution in [3.05, 3.63) is 78.7 Å². The van der Waals surface area contributed by atoms with Gasteiger partial charge < -0.3 is 10.2 Å². The van der Waals surface area contributed by atoms with Gasteiger partial charge in [-0.3, -0.25) is 4.90 Å². The largest absolute Gasteiger partial charge is 0.370 e. The Bertz CT molecular complexity index is 923. The highest BCUT2D eigenvalue weighted by Crippen LogP contribution is 2.21. The molecule has 0 aliphatic carbocycles. The predicted molar refractivity (Wildman–Crippen MR) is 122 cm³/mol. The third-order valence-electron chi connectivity index (χ3n) is 5.62. The summed E-state index contributed by atoms with van der Waals surface area (Å²) >= 11 is 0. The van der Waals surface area contributed by atoms with Crippen LogP contribution in [0.4, 0.5) is 15.9 Å². The van der Waals surface area contributed by atoms with Gasteiger partial charge in [0.25, 0.3) is 0 Å². The van der Waals surface area contributed by atoms with Gasteiger partial charge in [0.1, 0.15) is 11.6 Å². The van der Waals surface area contributed by atoms with E-state index in [9.17, 15) is 4.39 Å². The van der Waals surface area contributed by atoms with Crippen LogP contribution in [0.3, 0.4) is 0 Å². The molecule has 0 amide bonds. The maximum absolute atomic E-state index is 13.4. The van der Waals surface area contributed by atoms with Crippen LogP contribution in [-0.4, -0.2) is 49.2 Å². The van der Waals surface area contributed by atoms with E-state index in [4.69, 9.17) is 0 Å². The van der Waals surface area contributed by atoms with Gasteiger partial charge in [0.15, 0.2) is 0 Å². The lowest BCUT2D eigenvalue weighted by Gasteiger charge is -2.36. The van der Waals surface area contributed by atoms with Gasteiger partial charge in [-0.2, -0.15) is 0 Å². The number of hydrogen-bond donors (Lipinski definition) is 1. The number of halogens is 1. The zero-order valence-electron chi connectivity index (χ0n) is 17.3. The summed E-state index contributed by atoms with van der Waals surface area (Å²) in [7, 11) is 0. The van der Waals surface area contributed by atoms with Crippen molar-refractivity contribution in [2.75, 3.05) is 49.5 Å². The number of nitrogens with zero attached hydrogens (tertiary/aromatic N) is 3. The molecule has 0 bridgehead atoms. The summed E-state index contributed by atoms with van der Waals surface area (Å²) < 4.78 is 13.4. The summed E-state index contributed by atoms with van der Waals surface area (Å²) in [5.74, 6) is 0.770. The number of rotatable bonds is 8. The maximum Gasteiger partial charge on any atom is 0.126 e. The third kappa shape index (κ3) is 5.57. The number of anilines is 2. The summed E-state index contributed by atoms with van der Waals surface area (Å²) in [6, 6.07) is 21.4. The van der Waals surface area contributed by atoms with Gasteiger partial charge in [0.05, 0.1) is 0 Å². The van der Waals surface area contributed by atoms with E-state index in [0.29, 0.717) is 0 Å². The molecule has 2 aromatic carbocycles. The maximum atomic E-state index is 13.4. The van der Waals surface area contributed by atoms with Crippen molar-refractivity contribution in [3.63, 3.8) is 0 Å². The standard InChI is InChI=1S/C25H29FN4/c26-23-9-6-10-24(20-23)30-17-15-29(16-18-30)14-5-4-12-27-25-19-22(11-13-28-25)21-7-2-1-3-8-21/h1-3,6-11,13,19-20H,4-5,12,14-18H2,(H,27,28). The van der Waals surface area contributed by atoms with Crippen LogP contribution in [0, 0.1) is 5.82 Å². The van der Waals surface area contributed by atoms with Gasteiger partial charge in [-0.15, -0.1) is 0 Å². The zero-order valence-corrected chi connectivity index (χ0v) is 17.3. The summed E-state index contributed by atoms with van der Waals surface area (Å²) in [6.07, 6.45) is 4.13. The molecule has 1 N–H and O–H groups in total. The molecule has 4 nitrogen and oxygen atoms in total. The Hall–Kier alpha value is -2.92. The number of unbranched alkanes of at least 4 members (excludes halogenated alkanes) is 1. The van der Waals surface area contributed by atoms with Crippen molar-refractivity contribution in [1.29, 1.82) is 0 Å². The Morgan fingerprint density at radius 3 is 2.47 bits per heavy atom. The Balaban J connectivity index is 1.15. The molecule has 3 aromatic rings. The first-order valence-electron chi connectivity index (χ1n) is 10.8. The lowest BCUT2D eigenvalue weighted by molar-refractivity contribution is 0.253. The number of pyridine rings is 1. The minimum absolute atomic E-state index is 0.161. The fourth-order valence-electron chi connectivity index (χ4n) is 3.92. The molecule has 4 rings (SSSR count). The average Bonchev–Trinajstić information content (AvgIpc) is 2.80. The molecule has 5 heteroatoms. The monoisotopic (exact) mass is 404 g/mol. The first-order chi connectivity index (χ1) is 14.8. The Morgan fingerprint density at radius 2 is 1.67 bits per heavy atom. The van der Waals surface area contributed by atoms with Crippen LogP contribution >= 0.6 is 0 Å². The number of benzene rings is 2. The van der Waals surface area contributed by atoms with Crippen LogP contribution in [-0.2, 0) is 0 Å². The molecule has 1 aliphatic rings. The first kappa shape index (κ1) is 20.4. The molecule has 0 atom stereocenters. The summed E-state index contributed by atoms with van der Waals surface area (Å²) in [4.78, 5) is 9.22. The smallest absolute Gasteiger partial charge is 0.126 e. The predicted octanol–water partition coefficient (Wildman–Crippen LogP) is 4.90. The first-order valence-corrected chi connectivity index (χ1v) is 10.8. The Labute approximate surface area is 178 Å². The molecule has 156 valence electrons. The van der Waals surface area contributed by atoms with E-state index in [1.54, 1.807) is 12.1 Å². The molecule has 30 heavy (non-hydrogen) atoms. The normalized spacial score (nSPS) is 14.6. The number of piperazine rings is 1. The highest BCUT2D eigenvalue weighted by Gasteiger charge is 2.16. The molecule has 0 unspecified atom stereocenters. The Kier molecular flexibility index (Phi) is 6.93. The molecule has 0 spiro atoms. The van der Waals surface area contributed by atoms with Crippen molar-refractivity contribution in [1.82, 2.24) is 9.88 Å².